The average molecular weight is 432 g/mol. The van der Waals surface area contributed by atoms with E-state index in [1.807, 2.05) is 0 Å². The molecule has 1 N–H and O–H groups in total. The van der Waals surface area contributed by atoms with Gasteiger partial charge in [-0.3, -0.25) is 14.4 Å². The number of aliphatic carboxylic acids is 1. The summed E-state index contributed by atoms with van der Waals surface area (Å²) in [6, 6.07) is -0.794. The molecule has 10 nitrogen and oxygen atoms in total. The van der Waals surface area contributed by atoms with Gasteiger partial charge >= 0.3 is 5.97 Å². The van der Waals surface area contributed by atoms with E-state index in [4.69, 9.17) is 0 Å². The molecule has 1 unspecified atom stereocenters. The number of unbranched alkanes of at least 4 members (excludes halogenated alkanes) is 1. The average Bonchev–Trinajstić information content (AvgIpc) is 3.14. The number of rotatable bonds is 13. The van der Waals surface area contributed by atoms with Crippen LogP contribution in [0.4, 0.5) is 0 Å². The highest BCUT2D eigenvalue weighted by Crippen LogP contribution is 2.23. The molecule has 1 fully saturated rings. The number of carbonyl (C=O) groups is 4. The number of hydrogen-bond acceptors (Lipinski definition) is 8. The minimum atomic E-state index is -1.01. The molecule has 1 heterocycles. The molecule has 0 aromatic rings. The maximum absolute atomic E-state index is 12.5. The van der Waals surface area contributed by atoms with Crippen molar-refractivity contribution in [3.05, 3.63) is 10.1 Å². The number of amides is 1. The standard InChI is InChI=1S/C18H28N2O8S/c1-12(10-14(21)6-3-4-9-28-20(26)27)18(25)29-11-13(2)16(22)19-8-5-7-15(19)17(23)24/h12-13,15H,3-11H2,1-2H3,(H,23,24)/t12?,13-,15+/m1/s1. The Morgan fingerprint density at radius 3 is 2.55 bits per heavy atom. The van der Waals surface area contributed by atoms with E-state index in [1.54, 1.807) is 13.8 Å². The van der Waals surface area contributed by atoms with Crippen LogP contribution in [0.5, 0.6) is 0 Å². The highest BCUT2D eigenvalue weighted by Gasteiger charge is 2.36. The quantitative estimate of drug-likeness (QED) is 0.262. The normalized spacial score (nSPS) is 18.1. The van der Waals surface area contributed by atoms with Gasteiger partial charge in [0.15, 0.2) is 5.12 Å². The summed E-state index contributed by atoms with van der Waals surface area (Å²) in [5.74, 6) is -2.13. The van der Waals surface area contributed by atoms with Gasteiger partial charge in [-0.15, -0.1) is 10.1 Å². The van der Waals surface area contributed by atoms with Crippen LogP contribution >= 0.6 is 11.8 Å². The van der Waals surface area contributed by atoms with Crippen molar-refractivity contribution >= 4 is 34.5 Å². The van der Waals surface area contributed by atoms with Crippen molar-refractivity contribution in [3.8, 4) is 0 Å². The Bertz CT molecular complexity index is 627. The minimum absolute atomic E-state index is 0.0592. The smallest absolute Gasteiger partial charge is 0.326 e. The topological polar surface area (TPSA) is 144 Å². The third-order valence-electron chi connectivity index (χ3n) is 4.70. The number of thioether (sulfide) groups is 1. The summed E-state index contributed by atoms with van der Waals surface area (Å²) in [7, 11) is 0. The fourth-order valence-electron chi connectivity index (χ4n) is 3.08. The number of hydrogen-bond donors (Lipinski definition) is 1. The number of carbonyl (C=O) groups excluding carboxylic acids is 3. The summed E-state index contributed by atoms with van der Waals surface area (Å²) in [5, 5.41) is 18.1. The van der Waals surface area contributed by atoms with Crippen molar-refractivity contribution in [2.75, 3.05) is 18.9 Å². The molecular weight excluding hydrogens is 404 g/mol. The van der Waals surface area contributed by atoms with E-state index in [0.29, 0.717) is 32.2 Å². The molecule has 3 atom stereocenters. The van der Waals surface area contributed by atoms with Crippen LogP contribution in [0.15, 0.2) is 0 Å². The zero-order valence-corrected chi connectivity index (χ0v) is 17.5. The van der Waals surface area contributed by atoms with E-state index in [2.05, 4.69) is 4.84 Å². The van der Waals surface area contributed by atoms with Gasteiger partial charge in [-0.2, -0.15) is 0 Å². The number of Topliss-reactive ketones (excluding diaryl/α,β-unsaturated/α-hetero) is 1. The van der Waals surface area contributed by atoms with E-state index in [9.17, 15) is 34.4 Å². The Balaban J connectivity index is 2.31. The first kappa shape index (κ1) is 24.9. The molecule has 29 heavy (non-hydrogen) atoms. The molecule has 1 aliphatic rings. The fraction of sp³-hybridized carbons (Fsp3) is 0.778. The Labute approximate surface area is 173 Å². The molecule has 1 aliphatic heterocycles. The Kier molecular flexibility index (Phi) is 10.6. The second-order valence-corrected chi connectivity index (χ2v) is 8.24. The first-order chi connectivity index (χ1) is 13.6. The second-order valence-electron chi connectivity index (χ2n) is 7.22. The van der Waals surface area contributed by atoms with Crippen molar-refractivity contribution in [2.24, 2.45) is 11.8 Å². The van der Waals surface area contributed by atoms with Gasteiger partial charge in [0, 0.05) is 37.0 Å². The highest BCUT2D eigenvalue weighted by molar-refractivity contribution is 8.13. The molecule has 0 aromatic carbocycles. The number of likely N-dealkylation sites (tertiary alicyclic amines) is 1. The van der Waals surface area contributed by atoms with Crippen LogP contribution in [-0.2, 0) is 24.0 Å². The first-order valence-corrected chi connectivity index (χ1v) is 10.6. The third-order valence-corrected chi connectivity index (χ3v) is 6.05. The summed E-state index contributed by atoms with van der Waals surface area (Å²) in [4.78, 5) is 63.4. The molecule has 0 aliphatic carbocycles. The van der Waals surface area contributed by atoms with Crippen LogP contribution in [0.1, 0.15) is 52.4 Å². The van der Waals surface area contributed by atoms with E-state index in [1.165, 1.54) is 4.90 Å². The lowest BCUT2D eigenvalue weighted by atomic mass is 10.0. The maximum Gasteiger partial charge on any atom is 0.326 e. The summed E-state index contributed by atoms with van der Waals surface area (Å²) < 4.78 is 0. The van der Waals surface area contributed by atoms with Gasteiger partial charge < -0.3 is 14.8 Å². The number of carboxylic acid groups (broad SMARTS) is 1. The summed E-state index contributed by atoms with van der Waals surface area (Å²) in [6.07, 6.45) is 2.24. The SMILES string of the molecule is CC(CC(=O)CCCCO[N+](=O)[O-])C(=O)SC[C@@H](C)C(=O)N1CCC[C@H]1C(=O)O. The summed E-state index contributed by atoms with van der Waals surface area (Å²) >= 11 is 0.986. The van der Waals surface area contributed by atoms with Crippen LogP contribution in [0.25, 0.3) is 0 Å². The van der Waals surface area contributed by atoms with Gasteiger partial charge in [0.1, 0.15) is 11.8 Å². The maximum atomic E-state index is 12.5. The first-order valence-electron chi connectivity index (χ1n) is 9.62. The summed E-state index contributed by atoms with van der Waals surface area (Å²) in [5.41, 5.74) is 0. The van der Waals surface area contributed by atoms with Crippen molar-refractivity contribution < 1.29 is 34.2 Å². The zero-order valence-electron chi connectivity index (χ0n) is 16.7. The molecule has 1 amide bonds. The van der Waals surface area contributed by atoms with Crippen molar-refractivity contribution in [1.29, 1.82) is 0 Å². The van der Waals surface area contributed by atoms with Crippen molar-refractivity contribution in [2.45, 2.75) is 58.4 Å². The summed E-state index contributed by atoms with van der Waals surface area (Å²) in [6.45, 7) is 3.67. The molecule has 11 heteroatoms. The lowest BCUT2D eigenvalue weighted by molar-refractivity contribution is -0.757. The van der Waals surface area contributed by atoms with Crippen LogP contribution in [-0.4, -0.2) is 62.8 Å². The molecular formula is C18H28N2O8S. The van der Waals surface area contributed by atoms with E-state index >= 15 is 0 Å². The van der Waals surface area contributed by atoms with Crippen LogP contribution in [0.2, 0.25) is 0 Å². The minimum Gasteiger partial charge on any atom is -0.480 e. The van der Waals surface area contributed by atoms with Crippen molar-refractivity contribution in [3.63, 3.8) is 0 Å². The number of ketones is 1. The molecule has 0 aromatic heterocycles. The van der Waals surface area contributed by atoms with Gasteiger partial charge in [0.2, 0.25) is 5.91 Å². The Hall–Kier alpha value is -2.17. The number of carboxylic acids is 1. The molecule has 0 bridgehead atoms. The largest absolute Gasteiger partial charge is 0.480 e. The Morgan fingerprint density at radius 2 is 1.93 bits per heavy atom. The highest BCUT2D eigenvalue weighted by atomic mass is 32.2. The van der Waals surface area contributed by atoms with Gasteiger partial charge in [0.05, 0.1) is 6.61 Å². The zero-order chi connectivity index (χ0) is 22.0. The lowest BCUT2D eigenvalue weighted by Gasteiger charge is -2.24. The molecule has 0 radical (unpaired) electrons. The van der Waals surface area contributed by atoms with Gasteiger partial charge in [-0.05, 0) is 25.7 Å². The predicted molar refractivity (Wildman–Crippen MR) is 105 cm³/mol. The van der Waals surface area contributed by atoms with E-state index in [-0.39, 0.29) is 42.0 Å². The van der Waals surface area contributed by atoms with Gasteiger partial charge in [-0.25, -0.2) is 4.79 Å². The molecule has 164 valence electrons. The second kappa shape index (κ2) is 12.4. The monoisotopic (exact) mass is 432 g/mol. The molecule has 0 saturated carbocycles. The molecule has 0 spiro atoms. The van der Waals surface area contributed by atoms with Gasteiger partial charge in [-0.1, -0.05) is 25.6 Å². The van der Waals surface area contributed by atoms with E-state index < -0.39 is 28.9 Å². The lowest BCUT2D eigenvalue weighted by Crippen LogP contribution is -2.43. The van der Waals surface area contributed by atoms with Crippen LogP contribution in [0.3, 0.4) is 0 Å². The molecule has 1 rings (SSSR count). The van der Waals surface area contributed by atoms with Crippen LogP contribution in [0, 0.1) is 22.0 Å². The number of nitrogens with zero attached hydrogens (tertiary/aromatic N) is 2. The Morgan fingerprint density at radius 1 is 1.24 bits per heavy atom. The van der Waals surface area contributed by atoms with Gasteiger partial charge in [0.25, 0.3) is 5.09 Å². The van der Waals surface area contributed by atoms with E-state index in [0.717, 1.165) is 11.8 Å². The molecule has 1 saturated heterocycles. The van der Waals surface area contributed by atoms with Crippen molar-refractivity contribution in [1.82, 2.24) is 4.90 Å². The predicted octanol–water partition coefficient (Wildman–Crippen LogP) is 1.93. The third kappa shape index (κ3) is 8.80. The fourth-order valence-corrected chi connectivity index (χ4v) is 4.01. The van der Waals surface area contributed by atoms with Crippen LogP contribution < -0.4 is 0 Å².